The summed E-state index contributed by atoms with van der Waals surface area (Å²) in [4.78, 5) is 9.95. The van der Waals surface area contributed by atoms with Gasteiger partial charge in [0.25, 0.3) is 5.69 Å². The maximum atomic E-state index is 12.2. The number of nitrogens with zero attached hydrogens (tertiary/aromatic N) is 1. The molecule has 0 heterocycles. The van der Waals surface area contributed by atoms with Gasteiger partial charge in [0.1, 0.15) is 0 Å². The molecular formula is C12H18N2O5S. The fourth-order valence-corrected chi connectivity index (χ4v) is 3.40. The number of hydrogen-bond acceptors (Lipinski definition) is 5. The molecule has 0 aliphatic heterocycles. The lowest BCUT2D eigenvalue weighted by Crippen LogP contribution is -2.35. The molecule has 1 rings (SSSR count). The van der Waals surface area contributed by atoms with Crippen LogP contribution in [0.3, 0.4) is 0 Å². The van der Waals surface area contributed by atoms with Crippen LogP contribution in [0.5, 0.6) is 0 Å². The van der Waals surface area contributed by atoms with Crippen LogP contribution in [0.25, 0.3) is 0 Å². The van der Waals surface area contributed by atoms with Crippen molar-refractivity contribution in [3.63, 3.8) is 0 Å². The monoisotopic (exact) mass is 302 g/mol. The Labute approximate surface area is 117 Å². The number of aliphatic hydroxyl groups is 1. The average Bonchev–Trinajstić information content (AvgIpc) is 2.26. The van der Waals surface area contributed by atoms with Gasteiger partial charge >= 0.3 is 0 Å². The molecule has 7 nitrogen and oxygen atoms in total. The third kappa shape index (κ3) is 4.26. The maximum Gasteiger partial charge on any atom is 0.270 e. The second-order valence-electron chi connectivity index (χ2n) is 4.81. The Kier molecular flexibility index (Phi) is 5.21. The van der Waals surface area contributed by atoms with Crippen molar-refractivity contribution in [2.75, 3.05) is 0 Å². The number of nitro benzene ring substituents is 1. The summed E-state index contributed by atoms with van der Waals surface area (Å²) in [6.45, 7) is 4.75. The van der Waals surface area contributed by atoms with E-state index >= 15 is 0 Å². The lowest BCUT2D eigenvalue weighted by atomic mass is 10.2. The van der Waals surface area contributed by atoms with Crippen LogP contribution in [0.2, 0.25) is 0 Å². The van der Waals surface area contributed by atoms with E-state index in [1.165, 1.54) is 12.1 Å². The number of rotatable bonds is 6. The van der Waals surface area contributed by atoms with Gasteiger partial charge in [-0.2, -0.15) is 0 Å². The molecule has 0 amide bonds. The Bertz CT molecular complexity index is 598. The number of non-ortho nitro benzene ring substituents is 1. The normalized spacial score (nSPS) is 14.8. The molecule has 0 bridgehead atoms. The Morgan fingerprint density at radius 3 is 2.50 bits per heavy atom. The van der Waals surface area contributed by atoms with Gasteiger partial charge < -0.3 is 5.11 Å². The van der Waals surface area contributed by atoms with Crippen LogP contribution in [-0.4, -0.2) is 30.6 Å². The summed E-state index contributed by atoms with van der Waals surface area (Å²) in [6, 6.07) is 3.21. The molecular weight excluding hydrogens is 284 g/mol. The van der Waals surface area contributed by atoms with E-state index in [0.717, 1.165) is 6.07 Å². The van der Waals surface area contributed by atoms with Gasteiger partial charge in [-0.1, -0.05) is 6.07 Å². The molecule has 2 unspecified atom stereocenters. The SMILES string of the molecule is Cc1ccc([N+](=O)[O-])cc1S(=O)(=O)NC(C)CC(C)O. The molecule has 1 aromatic carbocycles. The van der Waals surface area contributed by atoms with E-state index in [4.69, 9.17) is 0 Å². The van der Waals surface area contributed by atoms with Crippen molar-refractivity contribution in [3.8, 4) is 0 Å². The number of nitro groups is 1. The summed E-state index contributed by atoms with van der Waals surface area (Å²) in [5, 5.41) is 20.0. The van der Waals surface area contributed by atoms with Gasteiger partial charge in [0, 0.05) is 18.2 Å². The minimum Gasteiger partial charge on any atom is -0.393 e. The number of hydrogen-bond donors (Lipinski definition) is 2. The summed E-state index contributed by atoms with van der Waals surface area (Å²) >= 11 is 0. The van der Waals surface area contributed by atoms with Gasteiger partial charge in [-0.15, -0.1) is 0 Å². The predicted octanol–water partition coefficient (Wildman–Crippen LogP) is 1.34. The first-order valence-corrected chi connectivity index (χ1v) is 7.57. The van der Waals surface area contributed by atoms with Crippen LogP contribution < -0.4 is 4.72 Å². The van der Waals surface area contributed by atoms with Crippen molar-refractivity contribution in [3.05, 3.63) is 33.9 Å². The highest BCUT2D eigenvalue weighted by Crippen LogP contribution is 2.22. The fraction of sp³-hybridized carbons (Fsp3) is 0.500. The Morgan fingerprint density at radius 2 is 2.00 bits per heavy atom. The largest absolute Gasteiger partial charge is 0.393 e. The first kappa shape index (κ1) is 16.5. The minimum atomic E-state index is -3.86. The second kappa shape index (κ2) is 6.29. The molecule has 0 saturated carbocycles. The number of benzene rings is 1. The number of sulfonamides is 1. The van der Waals surface area contributed by atoms with E-state index < -0.39 is 27.1 Å². The smallest absolute Gasteiger partial charge is 0.270 e. The molecule has 0 aromatic heterocycles. The molecule has 2 atom stereocenters. The molecule has 0 aliphatic rings. The molecule has 0 aliphatic carbocycles. The third-order valence-corrected chi connectivity index (χ3v) is 4.45. The molecule has 112 valence electrons. The second-order valence-corrected chi connectivity index (χ2v) is 6.50. The van der Waals surface area contributed by atoms with Crippen molar-refractivity contribution in [2.24, 2.45) is 0 Å². The molecule has 0 saturated heterocycles. The lowest BCUT2D eigenvalue weighted by Gasteiger charge is -2.16. The molecule has 0 radical (unpaired) electrons. The summed E-state index contributed by atoms with van der Waals surface area (Å²) in [7, 11) is -3.86. The van der Waals surface area contributed by atoms with Crippen LogP contribution in [-0.2, 0) is 10.0 Å². The van der Waals surface area contributed by atoms with Crippen LogP contribution in [0.4, 0.5) is 5.69 Å². The molecule has 1 aromatic rings. The molecule has 0 spiro atoms. The average molecular weight is 302 g/mol. The van der Waals surface area contributed by atoms with E-state index in [1.807, 2.05) is 0 Å². The van der Waals surface area contributed by atoms with Gasteiger partial charge in [-0.25, -0.2) is 13.1 Å². The molecule has 0 fully saturated rings. The van der Waals surface area contributed by atoms with Gasteiger partial charge in [0.2, 0.25) is 10.0 Å². The first-order valence-electron chi connectivity index (χ1n) is 6.09. The summed E-state index contributed by atoms with van der Waals surface area (Å²) < 4.78 is 26.8. The topological polar surface area (TPSA) is 110 Å². The lowest BCUT2D eigenvalue weighted by molar-refractivity contribution is -0.385. The number of aliphatic hydroxyl groups excluding tert-OH is 1. The van der Waals surface area contributed by atoms with Crippen molar-refractivity contribution in [2.45, 2.75) is 44.2 Å². The highest BCUT2D eigenvalue weighted by molar-refractivity contribution is 7.89. The highest BCUT2D eigenvalue weighted by Gasteiger charge is 2.22. The quantitative estimate of drug-likeness (QED) is 0.608. The van der Waals surface area contributed by atoms with Crippen molar-refractivity contribution < 1.29 is 18.4 Å². The van der Waals surface area contributed by atoms with Crippen LogP contribution >= 0.6 is 0 Å². The zero-order chi connectivity index (χ0) is 15.5. The standard InChI is InChI=1S/C12H18N2O5S/c1-8-4-5-11(14(16)17)7-12(8)20(18,19)13-9(2)6-10(3)15/h4-5,7,9-10,13,15H,6H2,1-3H3. The maximum absolute atomic E-state index is 12.2. The third-order valence-electron chi connectivity index (χ3n) is 2.72. The van der Waals surface area contributed by atoms with Gasteiger partial charge in [-0.05, 0) is 32.8 Å². The molecule has 20 heavy (non-hydrogen) atoms. The first-order chi connectivity index (χ1) is 9.13. The Balaban J connectivity index is 3.09. The molecule has 2 N–H and O–H groups in total. The molecule has 8 heteroatoms. The van der Waals surface area contributed by atoms with Gasteiger partial charge in [-0.3, -0.25) is 10.1 Å². The zero-order valence-corrected chi connectivity index (χ0v) is 12.3. The minimum absolute atomic E-state index is 0.121. The Morgan fingerprint density at radius 1 is 1.40 bits per heavy atom. The summed E-state index contributed by atoms with van der Waals surface area (Å²) in [5.41, 5.74) is 0.145. The van der Waals surface area contributed by atoms with E-state index in [1.54, 1.807) is 20.8 Å². The van der Waals surface area contributed by atoms with E-state index in [9.17, 15) is 23.6 Å². The van der Waals surface area contributed by atoms with E-state index in [2.05, 4.69) is 4.72 Å². The summed E-state index contributed by atoms with van der Waals surface area (Å²) in [6.07, 6.45) is -0.383. The van der Waals surface area contributed by atoms with Crippen molar-refractivity contribution >= 4 is 15.7 Å². The zero-order valence-electron chi connectivity index (χ0n) is 11.5. The number of aryl methyl sites for hydroxylation is 1. The van der Waals surface area contributed by atoms with Crippen LogP contribution in [0.1, 0.15) is 25.8 Å². The van der Waals surface area contributed by atoms with Crippen LogP contribution in [0, 0.1) is 17.0 Å². The van der Waals surface area contributed by atoms with Gasteiger partial charge in [0.15, 0.2) is 0 Å². The predicted molar refractivity (Wildman–Crippen MR) is 73.9 cm³/mol. The number of nitrogens with one attached hydrogen (secondary N) is 1. The van der Waals surface area contributed by atoms with E-state index in [0.29, 0.717) is 5.56 Å². The fourth-order valence-electron chi connectivity index (χ4n) is 1.88. The van der Waals surface area contributed by atoms with Crippen LogP contribution in [0.15, 0.2) is 23.1 Å². The summed E-state index contributed by atoms with van der Waals surface area (Å²) in [5.74, 6) is 0. The van der Waals surface area contributed by atoms with Gasteiger partial charge in [0.05, 0.1) is 15.9 Å². The highest BCUT2D eigenvalue weighted by atomic mass is 32.2. The van der Waals surface area contributed by atoms with E-state index in [-0.39, 0.29) is 17.0 Å². The Hall–Kier alpha value is -1.51. The van der Waals surface area contributed by atoms with Crippen molar-refractivity contribution in [1.82, 2.24) is 4.72 Å². The van der Waals surface area contributed by atoms with Crippen molar-refractivity contribution in [1.29, 1.82) is 0 Å².